The number of aromatic nitrogens is 2. The van der Waals surface area contributed by atoms with E-state index in [0.717, 1.165) is 11.3 Å². The minimum Gasteiger partial charge on any atom is -0.406 e. The Morgan fingerprint density at radius 3 is 3.00 bits per heavy atom. The van der Waals surface area contributed by atoms with Crippen LogP contribution in [0.25, 0.3) is 0 Å². The SMILES string of the molecule is Cc1c(Cl)cccc1Nc1nnc(CNC2CC2)o1. The monoisotopic (exact) mass is 278 g/mol. The predicted octanol–water partition coefficient (Wildman–Crippen LogP) is 3.03. The number of hydrogen-bond acceptors (Lipinski definition) is 5. The molecule has 2 aromatic rings. The van der Waals surface area contributed by atoms with Gasteiger partial charge in [0.2, 0.25) is 5.89 Å². The second-order valence-electron chi connectivity index (χ2n) is 4.69. The molecule has 0 unspecified atom stereocenters. The van der Waals surface area contributed by atoms with Crippen LogP contribution in [0.1, 0.15) is 24.3 Å². The fraction of sp³-hybridized carbons (Fsp3) is 0.385. The number of anilines is 2. The second-order valence-corrected chi connectivity index (χ2v) is 5.10. The molecular formula is C13H15ClN4O. The van der Waals surface area contributed by atoms with Gasteiger partial charge in [-0.2, -0.15) is 0 Å². The van der Waals surface area contributed by atoms with E-state index in [0.29, 0.717) is 29.5 Å². The molecule has 1 aromatic heterocycles. The van der Waals surface area contributed by atoms with Gasteiger partial charge in [-0.15, -0.1) is 5.10 Å². The van der Waals surface area contributed by atoms with Gasteiger partial charge >= 0.3 is 6.01 Å². The van der Waals surface area contributed by atoms with Crippen LogP contribution in [-0.2, 0) is 6.54 Å². The van der Waals surface area contributed by atoms with Crippen molar-refractivity contribution in [3.8, 4) is 0 Å². The Bertz CT molecular complexity index is 580. The topological polar surface area (TPSA) is 63.0 Å². The Hall–Kier alpha value is -1.59. The van der Waals surface area contributed by atoms with Gasteiger partial charge < -0.3 is 15.1 Å². The molecule has 1 heterocycles. The van der Waals surface area contributed by atoms with E-state index in [1.165, 1.54) is 12.8 Å². The number of nitrogens with zero attached hydrogens (tertiary/aromatic N) is 2. The molecule has 1 fully saturated rings. The maximum Gasteiger partial charge on any atom is 0.320 e. The van der Waals surface area contributed by atoms with Crippen LogP contribution in [0.4, 0.5) is 11.7 Å². The minimum atomic E-state index is 0.387. The van der Waals surface area contributed by atoms with E-state index < -0.39 is 0 Å². The number of hydrogen-bond donors (Lipinski definition) is 2. The Balaban J connectivity index is 1.67. The number of benzene rings is 1. The zero-order chi connectivity index (χ0) is 13.2. The first-order valence-electron chi connectivity index (χ1n) is 6.30. The highest BCUT2D eigenvalue weighted by Crippen LogP contribution is 2.25. The summed E-state index contributed by atoms with van der Waals surface area (Å²) in [5, 5.41) is 15.1. The van der Waals surface area contributed by atoms with Crippen molar-refractivity contribution in [2.75, 3.05) is 5.32 Å². The van der Waals surface area contributed by atoms with Gasteiger partial charge in [-0.1, -0.05) is 22.8 Å². The highest BCUT2D eigenvalue weighted by atomic mass is 35.5. The Morgan fingerprint density at radius 1 is 1.37 bits per heavy atom. The van der Waals surface area contributed by atoms with Gasteiger partial charge in [0.1, 0.15) is 0 Å². The number of nitrogens with one attached hydrogen (secondary N) is 2. The third kappa shape index (κ3) is 3.05. The van der Waals surface area contributed by atoms with Crippen molar-refractivity contribution in [1.82, 2.24) is 15.5 Å². The van der Waals surface area contributed by atoms with E-state index in [9.17, 15) is 0 Å². The minimum absolute atomic E-state index is 0.387. The predicted molar refractivity (Wildman–Crippen MR) is 73.6 cm³/mol. The Morgan fingerprint density at radius 2 is 2.21 bits per heavy atom. The van der Waals surface area contributed by atoms with Crippen LogP contribution in [0.3, 0.4) is 0 Å². The van der Waals surface area contributed by atoms with Crippen molar-refractivity contribution < 1.29 is 4.42 Å². The van der Waals surface area contributed by atoms with E-state index in [2.05, 4.69) is 20.8 Å². The second kappa shape index (κ2) is 5.19. The lowest BCUT2D eigenvalue weighted by Crippen LogP contribution is -2.15. The van der Waals surface area contributed by atoms with E-state index in [-0.39, 0.29) is 0 Å². The summed E-state index contributed by atoms with van der Waals surface area (Å²) in [5.74, 6) is 0.592. The zero-order valence-electron chi connectivity index (χ0n) is 10.6. The molecule has 1 saturated carbocycles. The highest BCUT2D eigenvalue weighted by Gasteiger charge is 2.21. The molecule has 0 radical (unpaired) electrons. The lowest BCUT2D eigenvalue weighted by molar-refractivity contribution is 0.478. The van der Waals surface area contributed by atoms with Crippen LogP contribution in [0, 0.1) is 6.92 Å². The van der Waals surface area contributed by atoms with Gasteiger partial charge in [0, 0.05) is 16.8 Å². The molecule has 0 bridgehead atoms. The zero-order valence-corrected chi connectivity index (χ0v) is 11.4. The summed E-state index contributed by atoms with van der Waals surface area (Å²) in [6.07, 6.45) is 2.47. The Labute approximate surface area is 116 Å². The standard InChI is InChI=1S/C13H15ClN4O/c1-8-10(14)3-2-4-11(8)16-13-18-17-12(19-13)7-15-9-5-6-9/h2-4,9,15H,5-7H2,1H3,(H,16,18). The maximum atomic E-state index is 6.06. The number of rotatable bonds is 5. The van der Waals surface area contributed by atoms with Crippen molar-refractivity contribution in [3.05, 3.63) is 34.7 Å². The Kier molecular flexibility index (Phi) is 3.40. The van der Waals surface area contributed by atoms with Crippen molar-refractivity contribution >= 4 is 23.3 Å². The third-order valence-electron chi connectivity index (χ3n) is 3.10. The highest BCUT2D eigenvalue weighted by molar-refractivity contribution is 6.31. The van der Waals surface area contributed by atoms with E-state index in [1.807, 2.05) is 25.1 Å². The van der Waals surface area contributed by atoms with Gasteiger partial charge in [0.05, 0.1) is 6.54 Å². The molecular weight excluding hydrogens is 264 g/mol. The van der Waals surface area contributed by atoms with Crippen LogP contribution in [-0.4, -0.2) is 16.2 Å². The van der Waals surface area contributed by atoms with Gasteiger partial charge in [-0.05, 0) is 37.5 Å². The summed E-state index contributed by atoms with van der Waals surface area (Å²) in [5.41, 5.74) is 1.83. The van der Waals surface area contributed by atoms with E-state index in [1.54, 1.807) is 0 Å². The van der Waals surface area contributed by atoms with Crippen molar-refractivity contribution in [2.45, 2.75) is 32.4 Å². The first-order chi connectivity index (χ1) is 9.22. The molecule has 0 spiro atoms. The van der Waals surface area contributed by atoms with Crippen LogP contribution in [0.2, 0.25) is 5.02 Å². The molecule has 100 valence electrons. The van der Waals surface area contributed by atoms with E-state index in [4.69, 9.17) is 16.0 Å². The lowest BCUT2D eigenvalue weighted by atomic mass is 10.2. The molecule has 2 N–H and O–H groups in total. The van der Waals surface area contributed by atoms with Crippen LogP contribution >= 0.6 is 11.6 Å². The molecule has 1 aliphatic rings. The summed E-state index contributed by atoms with van der Waals surface area (Å²) in [6.45, 7) is 2.56. The van der Waals surface area contributed by atoms with Crippen molar-refractivity contribution in [3.63, 3.8) is 0 Å². The number of halogens is 1. The van der Waals surface area contributed by atoms with E-state index >= 15 is 0 Å². The fourth-order valence-corrected chi connectivity index (χ4v) is 1.93. The molecule has 0 aliphatic heterocycles. The third-order valence-corrected chi connectivity index (χ3v) is 3.50. The molecule has 19 heavy (non-hydrogen) atoms. The maximum absolute atomic E-state index is 6.06. The van der Waals surface area contributed by atoms with Crippen molar-refractivity contribution in [2.24, 2.45) is 0 Å². The molecule has 6 heteroatoms. The van der Waals surface area contributed by atoms with Gasteiger partial charge in [-0.25, -0.2) is 0 Å². The average Bonchev–Trinajstić information content (AvgIpc) is 3.13. The normalized spacial score (nSPS) is 14.6. The molecule has 1 aliphatic carbocycles. The molecule has 3 rings (SSSR count). The molecule has 5 nitrogen and oxygen atoms in total. The summed E-state index contributed by atoms with van der Waals surface area (Å²) in [7, 11) is 0. The van der Waals surface area contributed by atoms with Crippen LogP contribution in [0.15, 0.2) is 22.6 Å². The summed E-state index contributed by atoms with van der Waals surface area (Å²) >= 11 is 6.06. The lowest BCUT2D eigenvalue weighted by Gasteiger charge is -2.06. The molecule has 0 saturated heterocycles. The van der Waals surface area contributed by atoms with Crippen LogP contribution in [0.5, 0.6) is 0 Å². The van der Waals surface area contributed by atoms with Gasteiger partial charge in [-0.3, -0.25) is 0 Å². The quantitative estimate of drug-likeness (QED) is 0.880. The van der Waals surface area contributed by atoms with Gasteiger partial charge in [0.25, 0.3) is 0 Å². The van der Waals surface area contributed by atoms with Gasteiger partial charge in [0.15, 0.2) is 0 Å². The summed E-state index contributed by atoms with van der Waals surface area (Å²) in [4.78, 5) is 0. The first kappa shape index (κ1) is 12.4. The summed E-state index contributed by atoms with van der Waals surface area (Å²) in [6, 6.07) is 6.66. The molecule has 0 amide bonds. The smallest absolute Gasteiger partial charge is 0.320 e. The summed E-state index contributed by atoms with van der Waals surface area (Å²) < 4.78 is 5.52. The average molecular weight is 279 g/mol. The fourth-order valence-electron chi connectivity index (χ4n) is 1.75. The molecule has 0 atom stereocenters. The van der Waals surface area contributed by atoms with Crippen molar-refractivity contribution in [1.29, 1.82) is 0 Å². The molecule has 1 aromatic carbocycles. The van der Waals surface area contributed by atoms with Crippen LogP contribution < -0.4 is 10.6 Å². The first-order valence-corrected chi connectivity index (χ1v) is 6.68. The largest absolute Gasteiger partial charge is 0.406 e.